The van der Waals surface area contributed by atoms with Gasteiger partial charge in [0.1, 0.15) is 5.78 Å². The largest absolute Gasteiger partial charge is 0.314 e. The van der Waals surface area contributed by atoms with E-state index >= 15 is 0 Å². The number of aromatic nitrogens is 2. The molecule has 1 heterocycles. The lowest BCUT2D eigenvalue weighted by atomic mass is 10.1. The average molecular weight is 237 g/mol. The van der Waals surface area contributed by atoms with Crippen molar-refractivity contribution in [3.8, 4) is 0 Å². The summed E-state index contributed by atoms with van der Waals surface area (Å²) >= 11 is 0. The standard InChI is InChI=1S/C13H23N3O/c1-5-16-12(8-11(4)15-16)9-13(17)6-7-14-10(2)3/h8,10,14H,5-7,9H2,1-4H3. The van der Waals surface area contributed by atoms with Crippen LogP contribution in [0.4, 0.5) is 0 Å². The molecule has 0 fully saturated rings. The van der Waals surface area contributed by atoms with E-state index in [1.807, 2.05) is 24.6 Å². The number of carbonyl (C=O) groups excluding carboxylic acids is 1. The molecular weight excluding hydrogens is 214 g/mol. The summed E-state index contributed by atoms with van der Waals surface area (Å²) in [5.74, 6) is 0.271. The van der Waals surface area contributed by atoms with Gasteiger partial charge in [-0.05, 0) is 19.9 Å². The van der Waals surface area contributed by atoms with E-state index in [4.69, 9.17) is 0 Å². The minimum absolute atomic E-state index is 0.271. The van der Waals surface area contributed by atoms with Crippen molar-refractivity contribution < 1.29 is 4.79 Å². The minimum atomic E-state index is 0.271. The Bertz CT molecular complexity index is 369. The van der Waals surface area contributed by atoms with Crippen molar-refractivity contribution in [2.45, 2.75) is 53.1 Å². The normalized spacial score (nSPS) is 11.1. The van der Waals surface area contributed by atoms with Gasteiger partial charge in [-0.2, -0.15) is 5.10 Å². The monoisotopic (exact) mass is 237 g/mol. The summed E-state index contributed by atoms with van der Waals surface area (Å²) in [6.45, 7) is 9.75. The first-order valence-corrected chi connectivity index (χ1v) is 6.31. The highest BCUT2D eigenvalue weighted by molar-refractivity contribution is 5.80. The summed E-state index contributed by atoms with van der Waals surface area (Å²) in [7, 11) is 0. The Morgan fingerprint density at radius 2 is 2.24 bits per heavy atom. The number of ketones is 1. The summed E-state index contributed by atoms with van der Waals surface area (Å²) in [4.78, 5) is 11.8. The van der Waals surface area contributed by atoms with Crippen molar-refractivity contribution in [3.63, 3.8) is 0 Å². The van der Waals surface area contributed by atoms with E-state index in [0.29, 0.717) is 18.9 Å². The number of nitrogens with zero attached hydrogens (tertiary/aromatic N) is 2. The second-order valence-electron chi connectivity index (χ2n) is 4.67. The number of rotatable bonds is 7. The van der Waals surface area contributed by atoms with Gasteiger partial charge in [0.05, 0.1) is 5.69 Å². The van der Waals surface area contributed by atoms with Crippen LogP contribution in [0.15, 0.2) is 6.07 Å². The zero-order chi connectivity index (χ0) is 12.8. The van der Waals surface area contributed by atoms with Gasteiger partial charge < -0.3 is 5.32 Å². The van der Waals surface area contributed by atoms with Crippen LogP contribution >= 0.6 is 0 Å². The van der Waals surface area contributed by atoms with Crippen LogP contribution in [0.1, 0.15) is 38.6 Å². The Morgan fingerprint density at radius 3 is 2.82 bits per heavy atom. The maximum Gasteiger partial charge on any atom is 0.140 e. The maximum absolute atomic E-state index is 11.8. The van der Waals surface area contributed by atoms with Gasteiger partial charge >= 0.3 is 0 Å². The summed E-state index contributed by atoms with van der Waals surface area (Å²) in [5, 5.41) is 7.59. The number of hydrogen-bond acceptors (Lipinski definition) is 3. The topological polar surface area (TPSA) is 46.9 Å². The molecule has 1 N–H and O–H groups in total. The van der Waals surface area contributed by atoms with Crippen molar-refractivity contribution in [2.75, 3.05) is 6.54 Å². The second kappa shape index (κ2) is 6.55. The smallest absolute Gasteiger partial charge is 0.140 e. The fraction of sp³-hybridized carbons (Fsp3) is 0.692. The number of carbonyl (C=O) groups is 1. The molecule has 0 atom stereocenters. The molecule has 1 aromatic rings. The highest BCUT2D eigenvalue weighted by atomic mass is 16.1. The number of Topliss-reactive ketones (excluding diaryl/α,β-unsaturated/α-hetero) is 1. The van der Waals surface area contributed by atoms with Gasteiger partial charge in [0.15, 0.2) is 0 Å². The van der Waals surface area contributed by atoms with Crippen molar-refractivity contribution in [2.24, 2.45) is 0 Å². The molecule has 0 aliphatic heterocycles. The molecule has 1 aromatic heterocycles. The molecule has 0 aliphatic rings. The van der Waals surface area contributed by atoms with E-state index in [1.54, 1.807) is 0 Å². The SMILES string of the molecule is CCn1nc(C)cc1CC(=O)CCNC(C)C. The predicted molar refractivity (Wildman–Crippen MR) is 69.1 cm³/mol. The molecule has 17 heavy (non-hydrogen) atoms. The third-order valence-corrected chi connectivity index (χ3v) is 2.62. The Morgan fingerprint density at radius 1 is 1.53 bits per heavy atom. The number of aryl methyl sites for hydroxylation is 2. The van der Waals surface area contributed by atoms with Gasteiger partial charge in [-0.3, -0.25) is 9.48 Å². The molecule has 0 bridgehead atoms. The van der Waals surface area contributed by atoms with Gasteiger partial charge in [-0.15, -0.1) is 0 Å². The number of nitrogens with one attached hydrogen (secondary N) is 1. The van der Waals surface area contributed by atoms with Gasteiger partial charge in [-0.25, -0.2) is 0 Å². The molecule has 0 radical (unpaired) electrons. The second-order valence-corrected chi connectivity index (χ2v) is 4.67. The fourth-order valence-corrected chi connectivity index (χ4v) is 1.81. The third kappa shape index (κ3) is 4.69. The molecule has 0 amide bonds. The molecule has 0 spiro atoms. The highest BCUT2D eigenvalue weighted by Gasteiger charge is 2.09. The van der Waals surface area contributed by atoms with E-state index < -0.39 is 0 Å². The van der Waals surface area contributed by atoms with E-state index in [0.717, 1.165) is 24.5 Å². The first-order chi connectivity index (χ1) is 8.02. The third-order valence-electron chi connectivity index (χ3n) is 2.62. The highest BCUT2D eigenvalue weighted by Crippen LogP contribution is 2.06. The molecule has 1 rings (SSSR count). The summed E-state index contributed by atoms with van der Waals surface area (Å²) in [5.41, 5.74) is 2.01. The van der Waals surface area contributed by atoms with Crippen molar-refractivity contribution in [1.29, 1.82) is 0 Å². The number of hydrogen-bond donors (Lipinski definition) is 1. The Balaban J connectivity index is 2.44. The van der Waals surface area contributed by atoms with Crippen molar-refractivity contribution >= 4 is 5.78 Å². The van der Waals surface area contributed by atoms with Crippen LogP contribution in [0.2, 0.25) is 0 Å². The molecule has 0 aromatic carbocycles. The predicted octanol–water partition coefficient (Wildman–Crippen LogP) is 1.71. The Hall–Kier alpha value is -1.16. The Labute approximate surface area is 103 Å². The van der Waals surface area contributed by atoms with Crippen LogP contribution in [0.3, 0.4) is 0 Å². The summed E-state index contributed by atoms with van der Waals surface area (Å²) < 4.78 is 1.91. The first kappa shape index (κ1) is 13.9. The average Bonchev–Trinajstić information content (AvgIpc) is 2.58. The van der Waals surface area contributed by atoms with Gasteiger partial charge in [0.2, 0.25) is 0 Å². The summed E-state index contributed by atoms with van der Waals surface area (Å²) in [6, 6.07) is 2.43. The first-order valence-electron chi connectivity index (χ1n) is 6.31. The minimum Gasteiger partial charge on any atom is -0.314 e. The molecule has 0 saturated heterocycles. The van der Waals surface area contributed by atoms with Gasteiger partial charge in [0, 0.05) is 37.7 Å². The van der Waals surface area contributed by atoms with Crippen LogP contribution < -0.4 is 5.32 Å². The van der Waals surface area contributed by atoms with E-state index in [-0.39, 0.29) is 5.78 Å². The van der Waals surface area contributed by atoms with Crippen LogP contribution in [0.5, 0.6) is 0 Å². The molecular formula is C13H23N3O. The van der Waals surface area contributed by atoms with Crippen molar-refractivity contribution in [3.05, 3.63) is 17.5 Å². The molecule has 0 saturated carbocycles. The van der Waals surface area contributed by atoms with Crippen LogP contribution in [-0.4, -0.2) is 28.2 Å². The zero-order valence-electron chi connectivity index (χ0n) is 11.3. The molecule has 0 aliphatic carbocycles. The van der Waals surface area contributed by atoms with Crippen LogP contribution in [0, 0.1) is 6.92 Å². The lowest BCUT2D eigenvalue weighted by Crippen LogP contribution is -2.26. The summed E-state index contributed by atoms with van der Waals surface area (Å²) in [6.07, 6.45) is 1.08. The van der Waals surface area contributed by atoms with Crippen LogP contribution in [-0.2, 0) is 17.8 Å². The maximum atomic E-state index is 11.8. The van der Waals surface area contributed by atoms with E-state index in [9.17, 15) is 4.79 Å². The van der Waals surface area contributed by atoms with Crippen molar-refractivity contribution in [1.82, 2.24) is 15.1 Å². The molecule has 0 unspecified atom stereocenters. The molecule has 96 valence electrons. The molecule has 4 heteroatoms. The lowest BCUT2D eigenvalue weighted by molar-refractivity contribution is -0.118. The fourth-order valence-electron chi connectivity index (χ4n) is 1.81. The van der Waals surface area contributed by atoms with E-state index in [2.05, 4.69) is 24.3 Å². The van der Waals surface area contributed by atoms with Gasteiger partial charge in [-0.1, -0.05) is 13.8 Å². The zero-order valence-corrected chi connectivity index (χ0v) is 11.3. The quantitative estimate of drug-likeness (QED) is 0.785. The van der Waals surface area contributed by atoms with E-state index in [1.165, 1.54) is 0 Å². The van der Waals surface area contributed by atoms with Crippen LogP contribution in [0.25, 0.3) is 0 Å². The Kier molecular flexibility index (Phi) is 5.35. The van der Waals surface area contributed by atoms with Gasteiger partial charge in [0.25, 0.3) is 0 Å². The molecule has 4 nitrogen and oxygen atoms in total. The lowest BCUT2D eigenvalue weighted by Gasteiger charge is -2.07.